The second-order valence-corrected chi connectivity index (χ2v) is 11.2. The van der Waals surface area contributed by atoms with Crippen molar-refractivity contribution in [1.29, 1.82) is 0 Å². The number of nitrogens with one attached hydrogen (secondary N) is 1. The standard InChI is InChI=1S/C26H32N4O3S/c1-19-6-10-21(11-7-19)17-30-18-24(25(28-30)23-12-8-20(2)9-13-23)26(31)29-14-4-5-22(16-29)15-27-34(3,32)33/h6-13,18,22,27H,4-5,14-17H2,1-3H3. The average molecular weight is 481 g/mol. The number of sulfonamides is 1. The van der Waals surface area contributed by atoms with E-state index in [0.717, 1.165) is 35.8 Å². The van der Waals surface area contributed by atoms with Gasteiger partial charge in [-0.25, -0.2) is 13.1 Å². The van der Waals surface area contributed by atoms with Gasteiger partial charge >= 0.3 is 0 Å². The van der Waals surface area contributed by atoms with Crippen LogP contribution in [0.4, 0.5) is 0 Å². The molecule has 1 saturated heterocycles. The Morgan fingerprint density at radius 2 is 1.71 bits per heavy atom. The van der Waals surface area contributed by atoms with E-state index >= 15 is 0 Å². The van der Waals surface area contributed by atoms with Crippen LogP contribution in [0.2, 0.25) is 0 Å². The van der Waals surface area contributed by atoms with Crippen molar-refractivity contribution in [2.45, 2.75) is 33.2 Å². The van der Waals surface area contributed by atoms with Crippen LogP contribution in [-0.2, 0) is 16.6 Å². The molecule has 0 aliphatic carbocycles. The summed E-state index contributed by atoms with van der Waals surface area (Å²) >= 11 is 0. The molecule has 7 nitrogen and oxygen atoms in total. The monoisotopic (exact) mass is 480 g/mol. The van der Waals surface area contributed by atoms with Gasteiger partial charge in [0.05, 0.1) is 18.4 Å². The van der Waals surface area contributed by atoms with E-state index in [0.29, 0.717) is 37.4 Å². The molecule has 0 radical (unpaired) electrons. The number of carbonyl (C=O) groups is 1. The summed E-state index contributed by atoms with van der Waals surface area (Å²) in [6, 6.07) is 16.3. The molecule has 1 fully saturated rings. The van der Waals surface area contributed by atoms with Gasteiger partial charge in [0, 0.05) is 31.4 Å². The number of amides is 1. The molecule has 0 saturated carbocycles. The van der Waals surface area contributed by atoms with Crippen molar-refractivity contribution in [3.63, 3.8) is 0 Å². The zero-order valence-electron chi connectivity index (χ0n) is 20.0. The molecule has 34 heavy (non-hydrogen) atoms. The molecule has 180 valence electrons. The number of carbonyl (C=O) groups excluding carboxylic acids is 1. The van der Waals surface area contributed by atoms with Gasteiger partial charge in [-0.2, -0.15) is 5.10 Å². The van der Waals surface area contributed by atoms with Gasteiger partial charge in [0.2, 0.25) is 10.0 Å². The molecular formula is C26H32N4O3S. The van der Waals surface area contributed by atoms with E-state index in [-0.39, 0.29) is 11.8 Å². The van der Waals surface area contributed by atoms with Crippen LogP contribution < -0.4 is 4.72 Å². The Bertz CT molecular complexity index is 1250. The van der Waals surface area contributed by atoms with Crippen LogP contribution in [0, 0.1) is 19.8 Å². The van der Waals surface area contributed by atoms with Gasteiger partial charge in [-0.1, -0.05) is 59.7 Å². The quantitative estimate of drug-likeness (QED) is 0.560. The van der Waals surface area contributed by atoms with Crippen molar-refractivity contribution in [1.82, 2.24) is 19.4 Å². The number of piperidine rings is 1. The predicted octanol–water partition coefficient (Wildman–Crippen LogP) is 3.62. The molecule has 1 N–H and O–H groups in total. The van der Waals surface area contributed by atoms with Gasteiger partial charge in [0.1, 0.15) is 5.69 Å². The maximum Gasteiger partial charge on any atom is 0.257 e. The third kappa shape index (κ3) is 6.12. The van der Waals surface area contributed by atoms with Crippen molar-refractivity contribution < 1.29 is 13.2 Å². The van der Waals surface area contributed by atoms with Crippen LogP contribution >= 0.6 is 0 Å². The van der Waals surface area contributed by atoms with Gasteiger partial charge in [0.25, 0.3) is 5.91 Å². The smallest absolute Gasteiger partial charge is 0.257 e. The minimum atomic E-state index is -3.26. The highest BCUT2D eigenvalue weighted by molar-refractivity contribution is 7.88. The second kappa shape index (κ2) is 10.1. The number of likely N-dealkylation sites (tertiary alicyclic amines) is 1. The van der Waals surface area contributed by atoms with E-state index in [4.69, 9.17) is 5.10 Å². The normalized spacial score (nSPS) is 16.6. The van der Waals surface area contributed by atoms with Crippen LogP contribution in [0.15, 0.2) is 54.7 Å². The minimum Gasteiger partial charge on any atom is -0.338 e. The van der Waals surface area contributed by atoms with Gasteiger partial charge in [-0.05, 0) is 38.2 Å². The molecule has 1 unspecified atom stereocenters. The molecule has 2 aromatic carbocycles. The molecule has 0 spiro atoms. The first-order chi connectivity index (χ1) is 16.2. The van der Waals surface area contributed by atoms with Crippen LogP contribution in [-0.4, -0.2) is 54.9 Å². The summed E-state index contributed by atoms with van der Waals surface area (Å²) in [5, 5.41) is 4.81. The van der Waals surface area contributed by atoms with Gasteiger partial charge < -0.3 is 4.90 Å². The van der Waals surface area contributed by atoms with E-state index in [2.05, 4.69) is 35.9 Å². The van der Waals surface area contributed by atoms with E-state index in [1.165, 1.54) is 5.56 Å². The van der Waals surface area contributed by atoms with Gasteiger partial charge in [-0.15, -0.1) is 0 Å². The number of aromatic nitrogens is 2. The first-order valence-electron chi connectivity index (χ1n) is 11.6. The van der Waals surface area contributed by atoms with Crippen LogP contribution in [0.1, 0.15) is 39.9 Å². The Balaban J connectivity index is 1.60. The molecule has 0 bridgehead atoms. The van der Waals surface area contributed by atoms with Crippen molar-refractivity contribution in [3.8, 4) is 11.3 Å². The third-order valence-electron chi connectivity index (χ3n) is 6.22. The Labute approximate surface area is 201 Å². The van der Waals surface area contributed by atoms with E-state index in [9.17, 15) is 13.2 Å². The number of benzene rings is 2. The lowest BCUT2D eigenvalue weighted by Gasteiger charge is -2.32. The maximum atomic E-state index is 13.7. The maximum absolute atomic E-state index is 13.7. The van der Waals surface area contributed by atoms with Gasteiger partial charge in [-0.3, -0.25) is 9.48 Å². The highest BCUT2D eigenvalue weighted by Gasteiger charge is 2.28. The fourth-order valence-electron chi connectivity index (χ4n) is 4.32. The van der Waals surface area contributed by atoms with Crippen molar-refractivity contribution in [2.75, 3.05) is 25.9 Å². The van der Waals surface area contributed by atoms with Crippen molar-refractivity contribution >= 4 is 15.9 Å². The molecule has 2 heterocycles. The lowest BCUT2D eigenvalue weighted by molar-refractivity contribution is 0.0677. The second-order valence-electron chi connectivity index (χ2n) is 9.32. The molecule has 1 aliphatic heterocycles. The van der Waals surface area contributed by atoms with E-state index in [1.807, 2.05) is 47.0 Å². The first-order valence-corrected chi connectivity index (χ1v) is 13.5. The highest BCUT2D eigenvalue weighted by Crippen LogP contribution is 2.26. The summed E-state index contributed by atoms with van der Waals surface area (Å²) < 4.78 is 27.4. The first kappa shape index (κ1) is 24.2. The number of hydrogen-bond donors (Lipinski definition) is 1. The molecule has 1 amide bonds. The largest absolute Gasteiger partial charge is 0.338 e. The molecule has 1 atom stereocenters. The topological polar surface area (TPSA) is 84.3 Å². The molecule has 1 aromatic heterocycles. The molecular weight excluding hydrogens is 448 g/mol. The lowest BCUT2D eigenvalue weighted by atomic mass is 9.97. The van der Waals surface area contributed by atoms with Crippen molar-refractivity contribution in [2.24, 2.45) is 5.92 Å². The zero-order chi connectivity index (χ0) is 24.3. The van der Waals surface area contributed by atoms with Crippen LogP contribution in [0.3, 0.4) is 0 Å². The van der Waals surface area contributed by atoms with E-state index in [1.54, 1.807) is 0 Å². The predicted molar refractivity (Wildman–Crippen MR) is 134 cm³/mol. The molecule has 8 heteroatoms. The number of hydrogen-bond acceptors (Lipinski definition) is 4. The number of rotatable bonds is 7. The summed E-state index contributed by atoms with van der Waals surface area (Å²) in [5.74, 6) is 0.0349. The minimum absolute atomic E-state index is 0.0604. The summed E-state index contributed by atoms with van der Waals surface area (Å²) in [4.78, 5) is 15.5. The Kier molecular flexibility index (Phi) is 7.19. The lowest BCUT2D eigenvalue weighted by Crippen LogP contribution is -2.43. The SMILES string of the molecule is Cc1ccc(Cn2cc(C(=O)N3CCCC(CNS(C)(=O)=O)C3)c(-c3ccc(C)cc3)n2)cc1. The fraction of sp³-hybridized carbons (Fsp3) is 0.385. The van der Waals surface area contributed by atoms with Crippen molar-refractivity contribution in [3.05, 3.63) is 77.0 Å². The summed E-state index contributed by atoms with van der Waals surface area (Å²) in [6.07, 6.45) is 4.74. The van der Waals surface area contributed by atoms with E-state index < -0.39 is 10.0 Å². The Morgan fingerprint density at radius 3 is 2.35 bits per heavy atom. The summed E-state index contributed by atoms with van der Waals surface area (Å²) in [6.45, 7) is 6.20. The summed E-state index contributed by atoms with van der Waals surface area (Å²) in [7, 11) is -3.26. The average Bonchev–Trinajstić information content (AvgIpc) is 3.22. The zero-order valence-corrected chi connectivity index (χ0v) is 20.8. The van der Waals surface area contributed by atoms with Crippen LogP contribution in [0.25, 0.3) is 11.3 Å². The molecule has 1 aliphatic rings. The highest BCUT2D eigenvalue weighted by atomic mass is 32.2. The third-order valence-corrected chi connectivity index (χ3v) is 6.91. The molecule has 3 aromatic rings. The number of nitrogens with zero attached hydrogens (tertiary/aromatic N) is 3. The number of aryl methyl sites for hydroxylation is 2. The fourth-order valence-corrected chi connectivity index (χ4v) is 4.86. The molecule has 4 rings (SSSR count). The van der Waals surface area contributed by atoms with Gasteiger partial charge in [0.15, 0.2) is 0 Å². The summed E-state index contributed by atoms with van der Waals surface area (Å²) in [5.41, 5.74) is 5.62. The Hall–Kier alpha value is -2.97. The Morgan fingerprint density at radius 1 is 1.06 bits per heavy atom. The van der Waals surface area contributed by atoms with Crippen LogP contribution in [0.5, 0.6) is 0 Å².